The van der Waals surface area contributed by atoms with E-state index in [0.717, 1.165) is 12.1 Å². The lowest BCUT2D eigenvalue weighted by Crippen LogP contribution is -2.04. The van der Waals surface area contributed by atoms with Gasteiger partial charge in [-0.2, -0.15) is 13.2 Å². The molecule has 0 fully saturated rings. The van der Waals surface area contributed by atoms with Crippen LogP contribution in [0.15, 0.2) is 47.5 Å². The van der Waals surface area contributed by atoms with Gasteiger partial charge in [-0.05, 0) is 30.3 Å². The first-order chi connectivity index (χ1) is 9.99. The molecule has 0 aliphatic carbocycles. The Bertz CT molecular complexity index is 723. The van der Waals surface area contributed by atoms with Crippen molar-refractivity contribution >= 4 is 11.6 Å². The first-order valence-corrected chi connectivity index (χ1v) is 6.10. The molecular weight excluding hydrogens is 283 g/mol. The number of aliphatic imine (C=N–C) groups is 1. The van der Waals surface area contributed by atoms with E-state index in [1.165, 1.54) is 13.2 Å². The van der Waals surface area contributed by atoms with E-state index in [-0.39, 0.29) is 17.3 Å². The Balaban J connectivity index is 2.18. The van der Waals surface area contributed by atoms with Crippen molar-refractivity contribution in [3.05, 3.63) is 53.6 Å². The number of para-hydroxylation sites is 1. The quantitative estimate of drug-likeness (QED) is 0.714. The van der Waals surface area contributed by atoms with Crippen molar-refractivity contribution in [1.29, 1.82) is 0 Å². The number of hydrogen-bond donors (Lipinski definition) is 0. The second kappa shape index (κ2) is 4.80. The van der Waals surface area contributed by atoms with Crippen molar-refractivity contribution in [2.45, 2.75) is 6.18 Å². The highest BCUT2D eigenvalue weighted by molar-refractivity contribution is 5.99. The first-order valence-electron chi connectivity index (χ1n) is 6.10. The summed E-state index contributed by atoms with van der Waals surface area (Å²) in [6.07, 6.45) is -4.43. The van der Waals surface area contributed by atoms with Gasteiger partial charge in [0.25, 0.3) is 0 Å². The van der Waals surface area contributed by atoms with E-state index in [1.807, 2.05) is 0 Å². The van der Waals surface area contributed by atoms with Crippen LogP contribution in [0.4, 0.5) is 18.9 Å². The molecule has 0 bridgehead atoms. The van der Waals surface area contributed by atoms with Crippen LogP contribution in [0.2, 0.25) is 0 Å². The lowest BCUT2D eigenvalue weighted by Gasteiger charge is -2.10. The molecule has 0 amide bonds. The molecule has 0 atom stereocenters. The molecule has 0 unspecified atom stereocenters. The third kappa shape index (κ3) is 2.44. The number of nitrogens with zero attached hydrogens (tertiary/aromatic N) is 1. The number of benzene rings is 2. The predicted molar refractivity (Wildman–Crippen MR) is 71.2 cm³/mol. The predicted octanol–water partition coefficient (Wildman–Crippen LogP) is 4.54. The maximum absolute atomic E-state index is 12.8. The van der Waals surface area contributed by atoms with Gasteiger partial charge in [-0.15, -0.1) is 0 Å². The average Bonchev–Trinajstić information content (AvgIpc) is 2.61. The molecular formula is C15H10F3NO2. The van der Waals surface area contributed by atoms with Crippen molar-refractivity contribution in [3.8, 4) is 11.5 Å². The summed E-state index contributed by atoms with van der Waals surface area (Å²) in [5.41, 5.74) is -0.113. The molecule has 1 aliphatic heterocycles. The summed E-state index contributed by atoms with van der Waals surface area (Å²) in [6, 6.07) is 10.1. The number of alkyl halides is 3. The monoisotopic (exact) mass is 293 g/mol. The summed E-state index contributed by atoms with van der Waals surface area (Å²) in [7, 11) is 1.41. The number of rotatable bonds is 0. The van der Waals surface area contributed by atoms with Crippen molar-refractivity contribution in [2.24, 2.45) is 4.99 Å². The molecule has 0 aromatic heterocycles. The summed E-state index contributed by atoms with van der Waals surface area (Å²) in [5, 5.41) is 0. The molecule has 6 heteroatoms. The Hall–Kier alpha value is -2.50. The molecule has 0 N–H and O–H groups in total. The van der Waals surface area contributed by atoms with Gasteiger partial charge >= 0.3 is 6.18 Å². The molecule has 3 nitrogen and oxygen atoms in total. The second-order valence-electron chi connectivity index (χ2n) is 4.40. The molecule has 21 heavy (non-hydrogen) atoms. The number of ether oxygens (including phenoxy) is 2. The molecule has 2 aromatic carbocycles. The smallest absolute Gasteiger partial charge is 0.416 e. The maximum atomic E-state index is 12.8. The zero-order chi connectivity index (χ0) is 15.0. The normalized spacial score (nSPS) is 13.4. The topological polar surface area (TPSA) is 30.8 Å². The van der Waals surface area contributed by atoms with Crippen LogP contribution >= 0.6 is 0 Å². The van der Waals surface area contributed by atoms with Crippen molar-refractivity contribution in [2.75, 3.05) is 7.11 Å². The minimum atomic E-state index is -4.43. The Kier molecular flexibility index (Phi) is 3.08. The molecule has 0 radical (unpaired) electrons. The van der Waals surface area contributed by atoms with Crippen molar-refractivity contribution < 1.29 is 22.6 Å². The van der Waals surface area contributed by atoms with Gasteiger partial charge in [0.2, 0.25) is 5.90 Å². The zero-order valence-electron chi connectivity index (χ0n) is 10.9. The van der Waals surface area contributed by atoms with Gasteiger partial charge in [0.1, 0.15) is 11.4 Å². The lowest BCUT2D eigenvalue weighted by molar-refractivity contribution is -0.137. The maximum Gasteiger partial charge on any atom is 0.416 e. The van der Waals surface area contributed by atoms with Gasteiger partial charge in [-0.1, -0.05) is 12.1 Å². The Morgan fingerprint density at radius 1 is 1.05 bits per heavy atom. The number of halogens is 3. The van der Waals surface area contributed by atoms with Gasteiger partial charge in [-0.25, -0.2) is 4.99 Å². The third-order valence-corrected chi connectivity index (χ3v) is 3.04. The van der Waals surface area contributed by atoms with Gasteiger partial charge in [0.15, 0.2) is 5.75 Å². The van der Waals surface area contributed by atoms with E-state index in [0.29, 0.717) is 11.3 Å². The summed E-state index contributed by atoms with van der Waals surface area (Å²) in [5.74, 6) is 0.947. The number of hydrogen-bond acceptors (Lipinski definition) is 3. The fraction of sp³-hybridized carbons (Fsp3) is 0.133. The molecule has 1 aliphatic rings. The van der Waals surface area contributed by atoms with Crippen LogP contribution in [0.3, 0.4) is 0 Å². The minimum absolute atomic E-state index is 0.0814. The van der Waals surface area contributed by atoms with Crippen LogP contribution in [0.1, 0.15) is 11.1 Å². The average molecular weight is 293 g/mol. The fourth-order valence-corrected chi connectivity index (χ4v) is 2.04. The number of methoxy groups -OCH3 is 1. The Morgan fingerprint density at radius 3 is 2.52 bits per heavy atom. The van der Waals surface area contributed by atoms with Gasteiger partial charge in [0, 0.05) is 0 Å². The van der Waals surface area contributed by atoms with Crippen LogP contribution in [0.5, 0.6) is 11.5 Å². The summed E-state index contributed by atoms with van der Waals surface area (Å²) < 4.78 is 49.2. The molecule has 0 saturated carbocycles. The van der Waals surface area contributed by atoms with Crippen LogP contribution in [-0.2, 0) is 10.9 Å². The largest absolute Gasteiger partial charge is 0.480 e. The van der Waals surface area contributed by atoms with E-state index in [1.54, 1.807) is 24.3 Å². The zero-order valence-corrected chi connectivity index (χ0v) is 10.9. The van der Waals surface area contributed by atoms with Crippen LogP contribution in [-0.4, -0.2) is 13.0 Å². The van der Waals surface area contributed by atoms with E-state index in [2.05, 4.69) is 4.99 Å². The SMILES string of the molecule is COC1=Nc2cc(C(F)(F)F)ccc2Oc2ccccc21. The highest BCUT2D eigenvalue weighted by Crippen LogP contribution is 2.41. The van der Waals surface area contributed by atoms with E-state index >= 15 is 0 Å². The summed E-state index contributed by atoms with van der Waals surface area (Å²) >= 11 is 0. The highest BCUT2D eigenvalue weighted by Gasteiger charge is 2.32. The Labute approximate surface area is 118 Å². The molecule has 0 saturated heterocycles. The molecule has 1 heterocycles. The van der Waals surface area contributed by atoms with Gasteiger partial charge in [-0.3, -0.25) is 0 Å². The second-order valence-corrected chi connectivity index (χ2v) is 4.40. The minimum Gasteiger partial charge on any atom is -0.480 e. The lowest BCUT2D eigenvalue weighted by atomic mass is 10.2. The summed E-state index contributed by atoms with van der Waals surface area (Å²) in [6.45, 7) is 0. The van der Waals surface area contributed by atoms with Crippen LogP contribution < -0.4 is 4.74 Å². The van der Waals surface area contributed by atoms with E-state index < -0.39 is 11.7 Å². The van der Waals surface area contributed by atoms with Crippen LogP contribution in [0.25, 0.3) is 0 Å². The molecule has 3 rings (SSSR count). The van der Waals surface area contributed by atoms with Crippen LogP contribution in [0, 0.1) is 0 Å². The standard InChI is InChI=1S/C15H10F3NO2/c1-20-14-10-4-2-3-5-12(10)21-13-7-6-9(15(16,17)18)8-11(13)19-14/h2-8H,1H3. The number of fused-ring (bicyclic) bond motifs is 2. The van der Waals surface area contributed by atoms with Crippen molar-refractivity contribution in [1.82, 2.24) is 0 Å². The fourth-order valence-electron chi connectivity index (χ4n) is 2.04. The van der Waals surface area contributed by atoms with E-state index in [4.69, 9.17) is 9.47 Å². The third-order valence-electron chi connectivity index (χ3n) is 3.04. The molecule has 108 valence electrons. The summed E-state index contributed by atoms with van der Waals surface area (Å²) in [4.78, 5) is 4.14. The highest BCUT2D eigenvalue weighted by atomic mass is 19.4. The molecule has 2 aromatic rings. The van der Waals surface area contributed by atoms with Crippen molar-refractivity contribution in [3.63, 3.8) is 0 Å². The first kappa shape index (κ1) is 13.5. The van der Waals surface area contributed by atoms with Gasteiger partial charge < -0.3 is 9.47 Å². The Morgan fingerprint density at radius 2 is 1.81 bits per heavy atom. The van der Waals surface area contributed by atoms with E-state index in [9.17, 15) is 13.2 Å². The van der Waals surface area contributed by atoms with Gasteiger partial charge in [0.05, 0.1) is 18.2 Å². The molecule has 0 spiro atoms.